The molecule has 0 bridgehead atoms. The van der Waals surface area contributed by atoms with Gasteiger partial charge in [0, 0.05) is 0 Å². The zero-order chi connectivity index (χ0) is 18.0. The number of rotatable bonds is 3. The van der Waals surface area contributed by atoms with E-state index in [1.54, 1.807) is 18.2 Å². The number of carbonyl (C=O) groups is 2. The predicted octanol–water partition coefficient (Wildman–Crippen LogP) is 4.07. The molecular weight excluding hydrogens is 367 g/mol. The minimum absolute atomic E-state index is 0.0505. The van der Waals surface area contributed by atoms with Gasteiger partial charge in [-0.05, 0) is 53.7 Å². The van der Waals surface area contributed by atoms with Crippen LogP contribution in [0.25, 0.3) is 6.08 Å². The van der Waals surface area contributed by atoms with Gasteiger partial charge in [0.05, 0.1) is 21.2 Å². The number of benzene rings is 2. The molecule has 3 rings (SSSR count). The fraction of sp³-hybridized carbons (Fsp3) is 0. The molecule has 1 saturated heterocycles. The normalized spacial score (nSPS) is 17.1. The third-order valence-electron chi connectivity index (χ3n) is 3.24. The minimum Gasteiger partial charge on any atom is -0.478 e. The Morgan fingerprint density at radius 2 is 1.96 bits per heavy atom. The third-order valence-corrected chi connectivity index (χ3v) is 4.44. The molecule has 1 amide bonds. The number of carboxylic acid groups (broad SMARTS) is 1. The van der Waals surface area contributed by atoms with Gasteiger partial charge in [-0.25, -0.2) is 14.2 Å². The lowest BCUT2D eigenvalue weighted by molar-refractivity contribution is -0.115. The summed E-state index contributed by atoms with van der Waals surface area (Å²) in [6.07, 6.45) is 1.63. The molecule has 0 aliphatic carbocycles. The average molecular weight is 377 g/mol. The van der Waals surface area contributed by atoms with Crippen molar-refractivity contribution in [1.29, 1.82) is 0 Å². The van der Waals surface area contributed by atoms with Crippen molar-refractivity contribution >= 4 is 52.2 Å². The van der Waals surface area contributed by atoms with Gasteiger partial charge < -0.3 is 10.4 Å². The molecule has 0 saturated carbocycles. The zero-order valence-electron chi connectivity index (χ0n) is 12.5. The minimum atomic E-state index is -1.01. The van der Waals surface area contributed by atoms with Crippen molar-refractivity contribution < 1.29 is 19.1 Å². The highest BCUT2D eigenvalue weighted by Crippen LogP contribution is 2.29. The monoisotopic (exact) mass is 376 g/mol. The highest BCUT2D eigenvalue weighted by molar-refractivity contribution is 8.18. The van der Waals surface area contributed by atoms with Gasteiger partial charge in [-0.3, -0.25) is 4.79 Å². The molecule has 0 spiro atoms. The number of halogens is 2. The Hall–Kier alpha value is -2.64. The molecule has 2 N–H and O–H groups in total. The van der Waals surface area contributed by atoms with E-state index in [2.05, 4.69) is 10.3 Å². The third kappa shape index (κ3) is 4.07. The van der Waals surface area contributed by atoms with Gasteiger partial charge in [0.2, 0.25) is 0 Å². The van der Waals surface area contributed by atoms with Crippen LogP contribution in [0.15, 0.2) is 52.4 Å². The lowest BCUT2D eigenvalue weighted by atomic mass is 10.1. The molecule has 0 unspecified atom stereocenters. The fourth-order valence-electron chi connectivity index (χ4n) is 2.03. The number of nitrogens with one attached hydrogen (secondary N) is 1. The number of aromatic carboxylic acids is 1. The van der Waals surface area contributed by atoms with E-state index >= 15 is 0 Å². The van der Waals surface area contributed by atoms with Crippen LogP contribution in [0, 0.1) is 5.82 Å². The summed E-state index contributed by atoms with van der Waals surface area (Å²) in [7, 11) is 0. The van der Waals surface area contributed by atoms with Crippen LogP contribution in [0.4, 0.5) is 10.1 Å². The highest BCUT2D eigenvalue weighted by Gasteiger charge is 2.23. The molecule has 8 heteroatoms. The summed E-state index contributed by atoms with van der Waals surface area (Å²) in [5.74, 6) is -1.88. The van der Waals surface area contributed by atoms with E-state index in [-0.39, 0.29) is 16.5 Å². The lowest BCUT2D eigenvalue weighted by Crippen LogP contribution is -2.19. The van der Waals surface area contributed by atoms with Crippen LogP contribution >= 0.6 is 23.4 Å². The lowest BCUT2D eigenvalue weighted by Gasteiger charge is -1.98. The molecule has 1 fully saturated rings. The van der Waals surface area contributed by atoms with Gasteiger partial charge in [-0.15, -0.1) is 0 Å². The Morgan fingerprint density at radius 1 is 1.24 bits per heavy atom. The van der Waals surface area contributed by atoms with E-state index in [1.165, 1.54) is 30.3 Å². The van der Waals surface area contributed by atoms with Crippen molar-refractivity contribution in [2.24, 2.45) is 4.99 Å². The number of amides is 1. The summed E-state index contributed by atoms with van der Waals surface area (Å²) in [4.78, 5) is 27.5. The number of carboxylic acids is 1. The summed E-state index contributed by atoms with van der Waals surface area (Å²) >= 11 is 6.83. The average Bonchev–Trinajstić information content (AvgIpc) is 2.91. The highest BCUT2D eigenvalue weighted by atomic mass is 35.5. The summed E-state index contributed by atoms with van der Waals surface area (Å²) < 4.78 is 13.2. The zero-order valence-corrected chi connectivity index (χ0v) is 14.1. The molecule has 0 radical (unpaired) electrons. The number of amidine groups is 1. The maximum atomic E-state index is 13.2. The SMILES string of the molecule is O=C1NC(=Nc2ccc(F)c(Cl)c2)SC1=Cc1ccc(C(=O)O)cc1. The number of carbonyl (C=O) groups excluding carboxylic acids is 1. The van der Waals surface area contributed by atoms with Crippen LogP contribution in [0.3, 0.4) is 0 Å². The van der Waals surface area contributed by atoms with Gasteiger partial charge in [0.25, 0.3) is 5.91 Å². The van der Waals surface area contributed by atoms with E-state index in [4.69, 9.17) is 16.7 Å². The van der Waals surface area contributed by atoms with Gasteiger partial charge >= 0.3 is 5.97 Å². The first-order valence-electron chi connectivity index (χ1n) is 7.00. The van der Waals surface area contributed by atoms with E-state index in [0.29, 0.717) is 21.3 Å². The second-order valence-corrected chi connectivity index (χ2v) is 6.45. The van der Waals surface area contributed by atoms with Crippen LogP contribution in [0.1, 0.15) is 15.9 Å². The van der Waals surface area contributed by atoms with E-state index in [0.717, 1.165) is 11.8 Å². The quantitative estimate of drug-likeness (QED) is 0.791. The number of thioether (sulfide) groups is 1. The molecule has 25 heavy (non-hydrogen) atoms. The molecule has 5 nitrogen and oxygen atoms in total. The van der Waals surface area contributed by atoms with Crippen LogP contribution < -0.4 is 5.32 Å². The maximum absolute atomic E-state index is 13.2. The number of aliphatic imine (C=N–C) groups is 1. The second-order valence-electron chi connectivity index (χ2n) is 5.01. The largest absolute Gasteiger partial charge is 0.478 e. The molecule has 0 atom stereocenters. The van der Waals surface area contributed by atoms with Crippen LogP contribution in [0.2, 0.25) is 5.02 Å². The molecule has 2 aromatic rings. The molecule has 1 heterocycles. The maximum Gasteiger partial charge on any atom is 0.335 e. The van der Waals surface area contributed by atoms with Crippen molar-refractivity contribution in [2.45, 2.75) is 0 Å². The van der Waals surface area contributed by atoms with Crippen molar-refractivity contribution in [3.8, 4) is 0 Å². The predicted molar refractivity (Wildman–Crippen MR) is 95.6 cm³/mol. The van der Waals surface area contributed by atoms with E-state index < -0.39 is 11.8 Å². The summed E-state index contributed by atoms with van der Waals surface area (Å²) in [6.45, 7) is 0. The molecule has 1 aliphatic rings. The molecule has 126 valence electrons. The van der Waals surface area contributed by atoms with E-state index in [1.807, 2.05) is 0 Å². The van der Waals surface area contributed by atoms with Crippen molar-refractivity contribution in [1.82, 2.24) is 5.32 Å². The Balaban J connectivity index is 1.80. The molecule has 2 aromatic carbocycles. The number of nitrogens with zero attached hydrogens (tertiary/aromatic N) is 1. The molecular formula is C17H10ClFN2O3S. The topological polar surface area (TPSA) is 78.8 Å². The second kappa shape index (κ2) is 7.08. The molecule has 0 aromatic heterocycles. The summed E-state index contributed by atoms with van der Waals surface area (Å²) in [6, 6.07) is 10.2. The Bertz CT molecular complexity index is 926. The van der Waals surface area contributed by atoms with Gasteiger partial charge in [0.15, 0.2) is 5.17 Å². The number of hydrogen-bond acceptors (Lipinski definition) is 4. The summed E-state index contributed by atoms with van der Waals surface area (Å²) in [5, 5.41) is 11.8. The standard InChI is InChI=1S/C17H10ClFN2O3S/c18-12-8-11(5-6-13(12)19)20-17-21-15(22)14(25-17)7-9-1-3-10(4-2-9)16(23)24/h1-8H,(H,23,24)(H,20,21,22). The van der Waals surface area contributed by atoms with Gasteiger partial charge in [-0.1, -0.05) is 23.7 Å². The van der Waals surface area contributed by atoms with Crippen molar-refractivity contribution in [3.63, 3.8) is 0 Å². The van der Waals surface area contributed by atoms with Crippen LogP contribution in [0.5, 0.6) is 0 Å². The van der Waals surface area contributed by atoms with Crippen LogP contribution in [-0.4, -0.2) is 22.2 Å². The Kier molecular flexibility index (Phi) is 4.87. The summed E-state index contributed by atoms with van der Waals surface area (Å²) in [5.41, 5.74) is 1.27. The Morgan fingerprint density at radius 3 is 2.60 bits per heavy atom. The Labute approximate surface area is 151 Å². The van der Waals surface area contributed by atoms with Gasteiger partial charge in [0.1, 0.15) is 5.82 Å². The number of hydrogen-bond donors (Lipinski definition) is 2. The first-order chi connectivity index (χ1) is 11.9. The van der Waals surface area contributed by atoms with Crippen molar-refractivity contribution in [2.75, 3.05) is 0 Å². The first kappa shape index (κ1) is 17.2. The smallest absolute Gasteiger partial charge is 0.335 e. The van der Waals surface area contributed by atoms with Crippen LogP contribution in [-0.2, 0) is 4.79 Å². The van der Waals surface area contributed by atoms with Gasteiger partial charge in [-0.2, -0.15) is 0 Å². The molecule has 1 aliphatic heterocycles. The fourth-order valence-corrected chi connectivity index (χ4v) is 3.04. The van der Waals surface area contributed by atoms with E-state index in [9.17, 15) is 14.0 Å². The first-order valence-corrected chi connectivity index (χ1v) is 8.20. The van der Waals surface area contributed by atoms with Crippen molar-refractivity contribution in [3.05, 3.63) is 69.3 Å².